The average molecular weight is 335 g/mol. The molecule has 0 saturated heterocycles. The first-order valence-corrected chi connectivity index (χ1v) is 8.64. The van der Waals surface area contributed by atoms with E-state index in [1.165, 1.54) is 32.1 Å². The van der Waals surface area contributed by atoms with E-state index >= 15 is 0 Å². The molecule has 1 aliphatic heterocycles. The van der Waals surface area contributed by atoms with E-state index in [4.69, 9.17) is 11.6 Å². The zero-order chi connectivity index (χ0) is 16.2. The fraction of sp³-hybridized carbons (Fsp3) is 0.529. The van der Waals surface area contributed by atoms with Crippen LogP contribution in [0.15, 0.2) is 35.5 Å². The van der Waals surface area contributed by atoms with Crippen LogP contribution in [-0.2, 0) is 0 Å². The summed E-state index contributed by atoms with van der Waals surface area (Å²) >= 11 is 6.07. The second-order valence-corrected chi connectivity index (χ2v) is 6.82. The molecule has 124 valence electrons. The monoisotopic (exact) mass is 334 g/mol. The molecule has 0 radical (unpaired) electrons. The Hall–Kier alpha value is -1.75. The van der Waals surface area contributed by atoms with Crippen LogP contribution in [0.25, 0.3) is 0 Å². The molecule has 1 fully saturated rings. The van der Waals surface area contributed by atoms with Crippen molar-refractivity contribution in [3.63, 3.8) is 0 Å². The molecule has 5 nitrogen and oxygen atoms in total. The van der Waals surface area contributed by atoms with Gasteiger partial charge in [-0.3, -0.25) is 4.79 Å². The van der Waals surface area contributed by atoms with Gasteiger partial charge in [0.05, 0.1) is 11.9 Å². The lowest BCUT2D eigenvalue weighted by atomic mass is 9.94. The number of rotatable bonds is 5. The molecule has 6 heteroatoms. The van der Waals surface area contributed by atoms with E-state index in [1.807, 2.05) is 11.1 Å². The van der Waals surface area contributed by atoms with E-state index in [-0.39, 0.29) is 10.6 Å². The number of halogens is 1. The molecule has 0 aromatic carbocycles. The number of anilines is 1. The molecule has 1 aromatic rings. The van der Waals surface area contributed by atoms with Crippen LogP contribution in [0.1, 0.15) is 38.5 Å². The molecule has 0 spiro atoms. The maximum absolute atomic E-state index is 11.6. The fourth-order valence-corrected chi connectivity index (χ4v) is 3.60. The van der Waals surface area contributed by atoms with Crippen LogP contribution >= 0.6 is 11.6 Å². The molecule has 0 amide bonds. The van der Waals surface area contributed by atoms with Crippen molar-refractivity contribution in [2.45, 2.75) is 44.6 Å². The summed E-state index contributed by atoms with van der Waals surface area (Å²) in [5.41, 5.74) is 1.40. The lowest BCUT2D eigenvalue weighted by molar-refractivity contribution is 0.390. The summed E-state index contributed by atoms with van der Waals surface area (Å²) in [6.45, 7) is 4.97. The van der Waals surface area contributed by atoms with Crippen LogP contribution in [0.4, 0.5) is 5.69 Å². The van der Waals surface area contributed by atoms with Gasteiger partial charge in [-0.1, -0.05) is 43.5 Å². The van der Waals surface area contributed by atoms with Gasteiger partial charge in [0.1, 0.15) is 5.02 Å². The highest BCUT2D eigenvalue weighted by atomic mass is 35.5. The van der Waals surface area contributed by atoms with Gasteiger partial charge < -0.3 is 10.2 Å². The molecule has 1 atom stereocenters. The SMILES string of the molecule is C=C(CC1C=CN(c2cn[nH]c(=O)c2Cl)C1)NC1CCCCC1. The van der Waals surface area contributed by atoms with Crippen molar-refractivity contribution in [2.75, 3.05) is 11.4 Å². The number of nitrogens with one attached hydrogen (secondary N) is 2. The maximum atomic E-state index is 11.6. The zero-order valence-corrected chi connectivity index (χ0v) is 14.0. The second-order valence-electron chi connectivity index (χ2n) is 6.44. The van der Waals surface area contributed by atoms with Crippen LogP contribution < -0.4 is 15.8 Å². The lowest BCUT2D eigenvalue weighted by Crippen LogP contribution is -2.31. The van der Waals surface area contributed by atoms with Crippen LogP contribution in [0, 0.1) is 5.92 Å². The summed E-state index contributed by atoms with van der Waals surface area (Å²) < 4.78 is 0. The van der Waals surface area contributed by atoms with Gasteiger partial charge in [0.2, 0.25) is 0 Å². The van der Waals surface area contributed by atoms with Crippen LogP contribution in [-0.4, -0.2) is 22.8 Å². The van der Waals surface area contributed by atoms with Crippen LogP contribution in [0.2, 0.25) is 5.02 Å². The lowest BCUT2D eigenvalue weighted by Gasteiger charge is -2.26. The Morgan fingerprint density at radius 1 is 1.43 bits per heavy atom. The molecule has 2 N–H and O–H groups in total. The Kier molecular flexibility index (Phi) is 5.06. The fourth-order valence-electron chi connectivity index (χ4n) is 3.40. The Bertz CT molecular complexity index is 648. The molecule has 0 bridgehead atoms. The molecule has 1 unspecified atom stereocenters. The van der Waals surface area contributed by atoms with E-state index in [0.29, 0.717) is 17.6 Å². The highest BCUT2D eigenvalue weighted by Crippen LogP contribution is 2.28. The number of aromatic amines is 1. The average Bonchev–Trinajstić information content (AvgIpc) is 2.99. The number of aromatic nitrogens is 2. The van der Waals surface area contributed by atoms with Crippen molar-refractivity contribution in [1.29, 1.82) is 0 Å². The van der Waals surface area contributed by atoms with Crippen molar-refractivity contribution in [1.82, 2.24) is 15.5 Å². The van der Waals surface area contributed by atoms with Gasteiger partial charge in [-0.25, -0.2) is 5.10 Å². The minimum absolute atomic E-state index is 0.185. The molecule has 1 aromatic heterocycles. The van der Waals surface area contributed by atoms with E-state index in [9.17, 15) is 4.79 Å². The number of hydrogen-bond acceptors (Lipinski definition) is 4. The van der Waals surface area contributed by atoms with Crippen molar-refractivity contribution >= 4 is 17.3 Å². The van der Waals surface area contributed by atoms with Gasteiger partial charge in [0.25, 0.3) is 5.56 Å². The van der Waals surface area contributed by atoms with Gasteiger partial charge in [-0.15, -0.1) is 0 Å². The second kappa shape index (κ2) is 7.21. The first-order valence-electron chi connectivity index (χ1n) is 8.26. The predicted molar refractivity (Wildman–Crippen MR) is 93.6 cm³/mol. The van der Waals surface area contributed by atoms with Gasteiger partial charge in [-0.2, -0.15) is 5.10 Å². The third-order valence-corrected chi connectivity index (χ3v) is 4.94. The van der Waals surface area contributed by atoms with Crippen LogP contribution in [0.5, 0.6) is 0 Å². The third-order valence-electron chi connectivity index (χ3n) is 4.58. The molecule has 2 heterocycles. The minimum Gasteiger partial charge on any atom is -0.386 e. The molecule has 1 saturated carbocycles. The highest BCUT2D eigenvalue weighted by Gasteiger charge is 2.22. The molecule has 23 heavy (non-hydrogen) atoms. The number of allylic oxidation sites excluding steroid dienone is 1. The first kappa shape index (κ1) is 16.1. The predicted octanol–water partition coefficient (Wildman–Crippen LogP) is 3.20. The van der Waals surface area contributed by atoms with E-state index in [0.717, 1.165) is 18.7 Å². The normalized spacial score (nSPS) is 21.6. The summed E-state index contributed by atoms with van der Waals surface area (Å²) in [4.78, 5) is 13.5. The zero-order valence-electron chi connectivity index (χ0n) is 13.2. The minimum atomic E-state index is -0.357. The standard InChI is InChI=1S/C17H23ClN4O/c1-12(20-14-5-3-2-4-6-14)9-13-7-8-22(11-13)15-10-19-21-17(23)16(15)18/h7-8,10,13-14,20H,1-6,9,11H2,(H,21,23). The molecular formula is C17H23ClN4O. The van der Waals surface area contributed by atoms with Crippen molar-refractivity contribution in [2.24, 2.45) is 5.92 Å². The summed E-state index contributed by atoms with van der Waals surface area (Å²) in [5, 5.41) is 9.93. The maximum Gasteiger partial charge on any atom is 0.285 e. The highest BCUT2D eigenvalue weighted by molar-refractivity contribution is 6.33. The third kappa shape index (κ3) is 3.96. The number of nitrogens with zero attached hydrogens (tertiary/aromatic N) is 2. The molecular weight excluding hydrogens is 312 g/mol. The van der Waals surface area contributed by atoms with Gasteiger partial charge in [0, 0.05) is 30.4 Å². The summed E-state index contributed by atoms with van der Waals surface area (Å²) in [6, 6.07) is 0.587. The van der Waals surface area contributed by atoms with Gasteiger partial charge in [-0.05, 0) is 19.3 Å². The summed E-state index contributed by atoms with van der Waals surface area (Å²) in [7, 11) is 0. The van der Waals surface area contributed by atoms with Crippen molar-refractivity contribution < 1.29 is 0 Å². The quantitative estimate of drug-likeness (QED) is 0.868. The number of H-pyrrole nitrogens is 1. The van der Waals surface area contributed by atoms with E-state index in [1.54, 1.807) is 6.20 Å². The molecule has 3 rings (SSSR count). The Labute approximate surface area is 141 Å². The molecule has 2 aliphatic rings. The summed E-state index contributed by atoms with van der Waals surface area (Å²) in [6.07, 6.45) is 13.1. The van der Waals surface area contributed by atoms with Gasteiger partial charge >= 0.3 is 0 Å². The van der Waals surface area contributed by atoms with E-state index < -0.39 is 0 Å². The summed E-state index contributed by atoms with van der Waals surface area (Å²) in [5.74, 6) is 0.369. The van der Waals surface area contributed by atoms with Gasteiger partial charge in [0.15, 0.2) is 0 Å². The van der Waals surface area contributed by atoms with Crippen molar-refractivity contribution in [3.05, 3.63) is 46.1 Å². The van der Waals surface area contributed by atoms with E-state index in [2.05, 4.69) is 28.2 Å². The largest absolute Gasteiger partial charge is 0.386 e. The number of hydrogen-bond donors (Lipinski definition) is 2. The topological polar surface area (TPSA) is 61.0 Å². The smallest absolute Gasteiger partial charge is 0.285 e. The van der Waals surface area contributed by atoms with Crippen LogP contribution in [0.3, 0.4) is 0 Å². The van der Waals surface area contributed by atoms with Crippen molar-refractivity contribution in [3.8, 4) is 0 Å². The molecule has 1 aliphatic carbocycles. The Balaban J connectivity index is 1.54. The first-order chi connectivity index (χ1) is 11.1. The Morgan fingerprint density at radius 3 is 3.00 bits per heavy atom. The Morgan fingerprint density at radius 2 is 2.22 bits per heavy atom.